The maximum Gasteiger partial charge on any atom is 0.309 e. The number of benzene rings is 2. The zero-order chi connectivity index (χ0) is 23.1. The predicted molar refractivity (Wildman–Crippen MR) is 119 cm³/mol. The lowest BCUT2D eigenvalue weighted by atomic mass is 9.84. The molecule has 0 aromatic heterocycles. The number of aliphatic hydroxyl groups excluding tert-OH is 1. The molecule has 4 atom stereocenters. The van der Waals surface area contributed by atoms with Gasteiger partial charge in [-0.1, -0.05) is 12.5 Å². The Bertz CT molecular complexity index is 1060. The number of piperidine rings is 2. The number of aromatic hydroxyl groups is 2. The minimum Gasteiger partial charge on any atom is -0.504 e. The molecule has 4 bridgehead atoms. The highest BCUT2D eigenvalue weighted by Gasteiger charge is 2.41. The van der Waals surface area contributed by atoms with E-state index in [4.69, 9.17) is 14.2 Å². The van der Waals surface area contributed by atoms with Gasteiger partial charge in [0.25, 0.3) is 0 Å². The van der Waals surface area contributed by atoms with Gasteiger partial charge in [-0.3, -0.25) is 9.69 Å². The number of rotatable bonds is 1. The van der Waals surface area contributed by atoms with Crippen LogP contribution in [0.15, 0.2) is 30.3 Å². The Morgan fingerprint density at radius 3 is 2.70 bits per heavy atom. The molecule has 0 amide bonds. The molecule has 4 heterocycles. The number of carbonyl (C=O) groups is 1. The first-order chi connectivity index (χ1) is 15.9. The molecule has 2 saturated heterocycles. The maximum absolute atomic E-state index is 12.7. The lowest BCUT2D eigenvalue weighted by Gasteiger charge is -2.47. The number of esters is 1. The van der Waals surface area contributed by atoms with Crippen molar-refractivity contribution in [1.82, 2.24) is 4.90 Å². The van der Waals surface area contributed by atoms with Gasteiger partial charge < -0.3 is 29.5 Å². The molecule has 4 aliphatic heterocycles. The van der Waals surface area contributed by atoms with E-state index in [0.717, 1.165) is 37.8 Å². The summed E-state index contributed by atoms with van der Waals surface area (Å²) < 4.78 is 17.3. The van der Waals surface area contributed by atoms with E-state index in [9.17, 15) is 20.1 Å². The second-order valence-electron chi connectivity index (χ2n) is 9.10. The van der Waals surface area contributed by atoms with Crippen LogP contribution in [0.3, 0.4) is 0 Å². The van der Waals surface area contributed by atoms with E-state index in [1.807, 2.05) is 0 Å². The summed E-state index contributed by atoms with van der Waals surface area (Å²) in [6, 6.07) is 7.92. The van der Waals surface area contributed by atoms with Gasteiger partial charge in [-0.2, -0.15) is 0 Å². The SMILES string of the molecule is COc1cc2c(cc1O)[C@@H]1C[C@H](C[C@@H]3CCCCN31)OC(=O)C[C@H](O)c1ccc(c(O)c1)O2. The van der Waals surface area contributed by atoms with E-state index in [0.29, 0.717) is 17.7 Å². The summed E-state index contributed by atoms with van der Waals surface area (Å²) in [5.41, 5.74) is 1.15. The fourth-order valence-electron chi connectivity index (χ4n) is 5.41. The maximum atomic E-state index is 12.7. The third-order valence-electron chi connectivity index (χ3n) is 7.01. The molecule has 2 aromatic rings. The van der Waals surface area contributed by atoms with Crippen LogP contribution in [-0.4, -0.2) is 52.0 Å². The van der Waals surface area contributed by atoms with Crippen LogP contribution in [0.5, 0.6) is 28.7 Å². The van der Waals surface area contributed by atoms with Gasteiger partial charge in [0.2, 0.25) is 0 Å². The number of aliphatic hydroxyl groups is 1. The van der Waals surface area contributed by atoms with Crippen LogP contribution in [0.4, 0.5) is 0 Å². The van der Waals surface area contributed by atoms with Crippen LogP contribution in [0.25, 0.3) is 0 Å². The number of fused-ring (bicyclic) bond motifs is 6. The van der Waals surface area contributed by atoms with Crippen molar-refractivity contribution in [3.05, 3.63) is 41.5 Å². The third kappa shape index (κ3) is 4.20. The molecule has 0 saturated carbocycles. The van der Waals surface area contributed by atoms with Gasteiger partial charge in [0.05, 0.1) is 19.6 Å². The molecule has 6 rings (SSSR count). The third-order valence-corrected chi connectivity index (χ3v) is 7.01. The van der Waals surface area contributed by atoms with Crippen LogP contribution in [-0.2, 0) is 9.53 Å². The van der Waals surface area contributed by atoms with Gasteiger partial charge in [-0.05, 0) is 43.1 Å². The van der Waals surface area contributed by atoms with Crippen LogP contribution < -0.4 is 9.47 Å². The monoisotopic (exact) mass is 455 g/mol. The van der Waals surface area contributed by atoms with Gasteiger partial charge in [0.15, 0.2) is 23.0 Å². The van der Waals surface area contributed by atoms with Crippen molar-refractivity contribution >= 4 is 5.97 Å². The number of hydrogen-bond donors (Lipinski definition) is 3. The van der Waals surface area contributed by atoms with Gasteiger partial charge in [-0.25, -0.2) is 0 Å². The molecule has 0 unspecified atom stereocenters. The van der Waals surface area contributed by atoms with Gasteiger partial charge >= 0.3 is 5.97 Å². The quantitative estimate of drug-likeness (QED) is 0.555. The Balaban J connectivity index is 1.65. The normalized spacial score (nSPS) is 27.5. The first-order valence-corrected chi connectivity index (χ1v) is 11.5. The van der Waals surface area contributed by atoms with E-state index in [-0.39, 0.29) is 47.6 Å². The Kier molecular flexibility index (Phi) is 5.80. The standard InChI is InChI=1S/C25H29NO7/c1-31-24-13-23-17(11-21(24)29)18-10-16(9-15-4-2-3-7-26(15)18)32-25(30)12-19(27)14-5-6-22(33-23)20(28)8-14/h5-6,8,11,13,15-16,18-19,27-29H,2-4,7,9-10,12H2,1H3/t15-,16-,18-,19-/m0/s1. The highest BCUT2D eigenvalue weighted by atomic mass is 16.5. The zero-order valence-electron chi connectivity index (χ0n) is 18.6. The molecule has 33 heavy (non-hydrogen) atoms. The summed E-state index contributed by atoms with van der Waals surface area (Å²) in [6.07, 6.45) is 2.90. The van der Waals surface area contributed by atoms with E-state index in [2.05, 4.69) is 4.90 Å². The lowest BCUT2D eigenvalue weighted by Crippen LogP contribution is -2.49. The van der Waals surface area contributed by atoms with Crippen LogP contribution >= 0.6 is 0 Å². The van der Waals surface area contributed by atoms with Gasteiger partial charge in [0, 0.05) is 36.6 Å². The first kappa shape index (κ1) is 21.9. The van der Waals surface area contributed by atoms with Crippen LogP contribution in [0.1, 0.15) is 61.8 Å². The minimum atomic E-state index is -1.09. The van der Waals surface area contributed by atoms with Crippen molar-refractivity contribution < 1.29 is 34.3 Å². The fraction of sp³-hybridized carbons (Fsp3) is 0.480. The summed E-state index contributed by atoms with van der Waals surface area (Å²) in [4.78, 5) is 15.1. The van der Waals surface area contributed by atoms with Crippen molar-refractivity contribution in [1.29, 1.82) is 0 Å². The summed E-state index contributed by atoms with van der Waals surface area (Å²) in [6.45, 7) is 0.904. The first-order valence-electron chi connectivity index (χ1n) is 11.5. The fourth-order valence-corrected chi connectivity index (χ4v) is 5.41. The van der Waals surface area contributed by atoms with Crippen molar-refractivity contribution in [3.8, 4) is 28.7 Å². The highest BCUT2D eigenvalue weighted by Crippen LogP contribution is 2.47. The minimum absolute atomic E-state index is 0.00339. The van der Waals surface area contributed by atoms with Crippen LogP contribution in [0.2, 0.25) is 0 Å². The van der Waals surface area contributed by atoms with E-state index in [1.165, 1.54) is 13.2 Å². The van der Waals surface area contributed by atoms with Crippen molar-refractivity contribution in [2.75, 3.05) is 13.7 Å². The number of nitrogens with zero attached hydrogens (tertiary/aromatic N) is 1. The topological polar surface area (TPSA) is 109 Å². The number of phenolic OH excluding ortho intramolecular Hbond substituents is 2. The molecule has 0 radical (unpaired) electrons. The Labute approximate surface area is 192 Å². The number of hydrogen-bond acceptors (Lipinski definition) is 8. The molecule has 2 fully saturated rings. The van der Waals surface area contributed by atoms with Crippen LogP contribution in [0, 0.1) is 0 Å². The molecule has 176 valence electrons. The number of ether oxygens (including phenoxy) is 3. The van der Waals surface area contributed by atoms with Crippen molar-refractivity contribution in [2.24, 2.45) is 0 Å². The molecule has 3 N–H and O–H groups in total. The number of phenols is 2. The predicted octanol–water partition coefficient (Wildman–Crippen LogP) is 3.94. The zero-order valence-corrected chi connectivity index (χ0v) is 18.6. The summed E-state index contributed by atoms with van der Waals surface area (Å²) >= 11 is 0. The van der Waals surface area contributed by atoms with Crippen molar-refractivity contribution in [2.45, 2.75) is 62.8 Å². The molecule has 8 nitrogen and oxygen atoms in total. The molecule has 0 spiro atoms. The Hall–Kier alpha value is -2.97. The highest BCUT2D eigenvalue weighted by molar-refractivity contribution is 5.70. The number of methoxy groups -OCH3 is 1. The molecule has 2 aromatic carbocycles. The molecule has 4 aliphatic rings. The Morgan fingerprint density at radius 1 is 1.06 bits per heavy atom. The average molecular weight is 456 g/mol. The molecular weight excluding hydrogens is 426 g/mol. The lowest BCUT2D eigenvalue weighted by molar-refractivity contribution is -0.157. The summed E-state index contributed by atoms with van der Waals surface area (Å²) in [7, 11) is 1.47. The van der Waals surface area contributed by atoms with Gasteiger partial charge in [-0.15, -0.1) is 0 Å². The van der Waals surface area contributed by atoms with Crippen molar-refractivity contribution in [3.63, 3.8) is 0 Å². The molecule has 8 heteroatoms. The van der Waals surface area contributed by atoms with Gasteiger partial charge in [0.1, 0.15) is 11.9 Å². The largest absolute Gasteiger partial charge is 0.504 e. The number of carbonyl (C=O) groups excluding carboxylic acids is 1. The molecular formula is C25H29NO7. The van der Waals surface area contributed by atoms with E-state index < -0.39 is 12.1 Å². The van der Waals surface area contributed by atoms with E-state index in [1.54, 1.807) is 24.3 Å². The second-order valence-corrected chi connectivity index (χ2v) is 9.10. The molecule has 0 aliphatic carbocycles. The second kappa shape index (κ2) is 8.76. The van der Waals surface area contributed by atoms with E-state index >= 15 is 0 Å². The smallest absolute Gasteiger partial charge is 0.309 e. The summed E-state index contributed by atoms with van der Waals surface area (Å²) in [5, 5.41) is 31.7. The average Bonchev–Trinajstić information content (AvgIpc) is 2.80. The Morgan fingerprint density at radius 2 is 1.91 bits per heavy atom. The summed E-state index contributed by atoms with van der Waals surface area (Å²) in [5.74, 6) is 0.290.